The highest BCUT2D eigenvalue weighted by atomic mass is 32.2. The number of thioether (sulfide) groups is 1. The summed E-state index contributed by atoms with van der Waals surface area (Å²) < 4.78 is 15.0. The second-order valence-electron chi connectivity index (χ2n) is 4.72. The molecule has 0 spiro atoms. The summed E-state index contributed by atoms with van der Waals surface area (Å²) in [5.41, 5.74) is 2.00. The van der Waals surface area contributed by atoms with Crippen molar-refractivity contribution in [2.75, 3.05) is 5.75 Å². The predicted molar refractivity (Wildman–Crippen MR) is 79.5 cm³/mol. The lowest BCUT2D eigenvalue weighted by molar-refractivity contribution is 0.197. The number of rotatable bonds is 6. The van der Waals surface area contributed by atoms with Crippen LogP contribution in [0.2, 0.25) is 0 Å². The number of aromatic nitrogens is 2. The molecule has 0 aliphatic heterocycles. The first-order valence-electron chi connectivity index (χ1n) is 6.68. The van der Waals surface area contributed by atoms with Crippen molar-refractivity contribution in [1.29, 1.82) is 0 Å². The van der Waals surface area contributed by atoms with Crippen LogP contribution in [-0.4, -0.2) is 26.7 Å². The van der Waals surface area contributed by atoms with Crippen molar-refractivity contribution in [2.45, 2.75) is 37.8 Å². The van der Waals surface area contributed by atoms with Gasteiger partial charge in [0.15, 0.2) is 0 Å². The van der Waals surface area contributed by atoms with Gasteiger partial charge >= 0.3 is 0 Å². The zero-order valence-corrected chi connectivity index (χ0v) is 12.5. The summed E-state index contributed by atoms with van der Waals surface area (Å²) in [5, 5.41) is 14.5. The van der Waals surface area contributed by atoms with Gasteiger partial charge in [0.25, 0.3) is 0 Å². The van der Waals surface area contributed by atoms with Gasteiger partial charge in [0, 0.05) is 29.3 Å². The molecule has 5 heteroatoms. The average molecular weight is 294 g/mol. The standard InChI is InChI=1S/C15H19FN2OS/c1-3-18-13(7-11(2)17-18)9-14(19)10-20-15-6-4-5-12(16)8-15/h4-8,14,19H,3,9-10H2,1-2H3. The fraction of sp³-hybridized carbons (Fsp3) is 0.400. The number of aryl methyl sites for hydroxylation is 2. The van der Waals surface area contributed by atoms with Crippen LogP contribution in [0.1, 0.15) is 18.3 Å². The number of aliphatic hydroxyl groups excluding tert-OH is 1. The van der Waals surface area contributed by atoms with Gasteiger partial charge in [0.05, 0.1) is 11.8 Å². The van der Waals surface area contributed by atoms with Crippen LogP contribution in [-0.2, 0) is 13.0 Å². The van der Waals surface area contributed by atoms with Crippen LogP contribution in [0, 0.1) is 12.7 Å². The zero-order valence-electron chi connectivity index (χ0n) is 11.7. The molecule has 1 atom stereocenters. The van der Waals surface area contributed by atoms with Crippen molar-refractivity contribution in [2.24, 2.45) is 0 Å². The molecule has 2 aromatic rings. The molecule has 0 saturated heterocycles. The van der Waals surface area contributed by atoms with Gasteiger partial charge in [0.2, 0.25) is 0 Å². The predicted octanol–water partition coefficient (Wildman–Crippen LogP) is 3.05. The van der Waals surface area contributed by atoms with Gasteiger partial charge in [-0.05, 0) is 38.1 Å². The van der Waals surface area contributed by atoms with Crippen molar-refractivity contribution in [3.05, 3.63) is 47.5 Å². The first kappa shape index (κ1) is 15.1. The normalized spacial score (nSPS) is 12.6. The molecule has 1 aromatic carbocycles. The van der Waals surface area contributed by atoms with E-state index in [4.69, 9.17) is 0 Å². The Kier molecular flexibility index (Phi) is 5.20. The van der Waals surface area contributed by atoms with E-state index in [-0.39, 0.29) is 5.82 Å². The summed E-state index contributed by atoms with van der Waals surface area (Å²) in [6.07, 6.45) is 0.0986. The second-order valence-corrected chi connectivity index (χ2v) is 5.81. The van der Waals surface area contributed by atoms with E-state index in [1.165, 1.54) is 23.9 Å². The molecule has 3 nitrogen and oxygen atoms in total. The van der Waals surface area contributed by atoms with E-state index in [0.717, 1.165) is 22.8 Å². The molecule has 1 unspecified atom stereocenters. The first-order chi connectivity index (χ1) is 9.58. The molecule has 1 heterocycles. The molecular formula is C15H19FN2OS. The Morgan fingerprint density at radius 3 is 2.90 bits per heavy atom. The quantitative estimate of drug-likeness (QED) is 0.832. The number of hydrogen-bond donors (Lipinski definition) is 1. The van der Waals surface area contributed by atoms with Crippen LogP contribution in [0.15, 0.2) is 35.2 Å². The molecule has 0 aliphatic carbocycles. The van der Waals surface area contributed by atoms with Crippen molar-refractivity contribution in [1.82, 2.24) is 9.78 Å². The van der Waals surface area contributed by atoms with E-state index in [9.17, 15) is 9.50 Å². The third-order valence-corrected chi connectivity index (χ3v) is 4.11. The zero-order chi connectivity index (χ0) is 14.5. The van der Waals surface area contributed by atoms with Crippen molar-refractivity contribution >= 4 is 11.8 Å². The first-order valence-corrected chi connectivity index (χ1v) is 7.66. The molecule has 2 rings (SSSR count). The lowest BCUT2D eigenvalue weighted by Gasteiger charge is -2.11. The average Bonchev–Trinajstić information content (AvgIpc) is 2.76. The molecule has 0 radical (unpaired) electrons. The monoisotopic (exact) mass is 294 g/mol. The Labute approximate surface area is 122 Å². The Morgan fingerprint density at radius 2 is 2.20 bits per heavy atom. The lowest BCUT2D eigenvalue weighted by atomic mass is 10.2. The third-order valence-electron chi connectivity index (χ3n) is 2.97. The Balaban J connectivity index is 1.90. The van der Waals surface area contributed by atoms with Crippen molar-refractivity contribution < 1.29 is 9.50 Å². The van der Waals surface area contributed by atoms with E-state index in [1.54, 1.807) is 6.07 Å². The summed E-state index contributed by atoms with van der Waals surface area (Å²) in [5.74, 6) is 0.293. The van der Waals surface area contributed by atoms with E-state index in [0.29, 0.717) is 12.2 Å². The molecule has 1 N–H and O–H groups in total. The fourth-order valence-electron chi connectivity index (χ4n) is 2.09. The van der Waals surface area contributed by atoms with Crippen LogP contribution in [0.25, 0.3) is 0 Å². The van der Waals surface area contributed by atoms with Crippen molar-refractivity contribution in [3.8, 4) is 0 Å². The molecule has 0 fully saturated rings. The smallest absolute Gasteiger partial charge is 0.124 e. The summed E-state index contributed by atoms with van der Waals surface area (Å²) in [4.78, 5) is 0.837. The molecule has 1 aromatic heterocycles. The maximum absolute atomic E-state index is 13.1. The minimum absolute atomic E-state index is 0.246. The van der Waals surface area contributed by atoms with Crippen LogP contribution in [0.3, 0.4) is 0 Å². The maximum atomic E-state index is 13.1. The largest absolute Gasteiger partial charge is 0.392 e. The van der Waals surface area contributed by atoms with Gasteiger partial charge in [-0.1, -0.05) is 6.07 Å². The van der Waals surface area contributed by atoms with Gasteiger partial charge < -0.3 is 5.11 Å². The summed E-state index contributed by atoms with van der Waals surface area (Å²) >= 11 is 1.46. The molecular weight excluding hydrogens is 275 g/mol. The van der Waals surface area contributed by atoms with Crippen LogP contribution in [0.4, 0.5) is 4.39 Å². The van der Waals surface area contributed by atoms with Gasteiger partial charge in [0.1, 0.15) is 5.82 Å². The van der Waals surface area contributed by atoms with E-state index in [1.807, 2.05) is 30.7 Å². The van der Waals surface area contributed by atoms with Crippen molar-refractivity contribution in [3.63, 3.8) is 0 Å². The number of hydrogen-bond acceptors (Lipinski definition) is 3. The lowest BCUT2D eigenvalue weighted by Crippen LogP contribution is -2.16. The van der Waals surface area contributed by atoms with E-state index < -0.39 is 6.10 Å². The maximum Gasteiger partial charge on any atom is 0.124 e. The molecule has 108 valence electrons. The number of nitrogens with zero attached hydrogens (tertiary/aromatic N) is 2. The SMILES string of the molecule is CCn1nc(C)cc1CC(O)CSc1cccc(F)c1. The number of aliphatic hydroxyl groups is 1. The molecule has 0 saturated carbocycles. The highest BCUT2D eigenvalue weighted by Crippen LogP contribution is 2.20. The number of benzene rings is 1. The Bertz CT molecular complexity index is 571. The van der Waals surface area contributed by atoms with E-state index >= 15 is 0 Å². The van der Waals surface area contributed by atoms with Gasteiger partial charge in [-0.3, -0.25) is 4.68 Å². The topological polar surface area (TPSA) is 38.0 Å². The summed E-state index contributed by atoms with van der Waals surface area (Å²) in [7, 11) is 0. The molecule has 20 heavy (non-hydrogen) atoms. The van der Waals surface area contributed by atoms with E-state index in [2.05, 4.69) is 5.10 Å². The summed E-state index contributed by atoms with van der Waals surface area (Å²) in [6, 6.07) is 8.43. The highest BCUT2D eigenvalue weighted by Gasteiger charge is 2.11. The third kappa shape index (κ3) is 4.08. The molecule has 0 aliphatic rings. The van der Waals surface area contributed by atoms with Gasteiger partial charge in [-0.15, -0.1) is 11.8 Å². The molecule has 0 bridgehead atoms. The van der Waals surface area contributed by atoms with Gasteiger partial charge in [-0.25, -0.2) is 4.39 Å². The van der Waals surface area contributed by atoms with Crippen LogP contribution < -0.4 is 0 Å². The minimum Gasteiger partial charge on any atom is -0.392 e. The molecule has 0 amide bonds. The summed E-state index contributed by atoms with van der Waals surface area (Å²) in [6.45, 7) is 4.78. The second kappa shape index (κ2) is 6.90. The van der Waals surface area contributed by atoms with Gasteiger partial charge in [-0.2, -0.15) is 5.10 Å². The highest BCUT2D eigenvalue weighted by molar-refractivity contribution is 7.99. The number of halogens is 1. The van der Waals surface area contributed by atoms with Crippen LogP contribution in [0.5, 0.6) is 0 Å². The Hall–Kier alpha value is -1.33. The van der Waals surface area contributed by atoms with Crippen LogP contribution >= 0.6 is 11.8 Å². The minimum atomic E-state index is -0.468. The Morgan fingerprint density at radius 1 is 1.40 bits per heavy atom. The fourth-order valence-corrected chi connectivity index (χ4v) is 2.96.